The van der Waals surface area contributed by atoms with Gasteiger partial charge in [-0.2, -0.15) is 0 Å². The maximum absolute atomic E-state index is 11.6. The Kier molecular flexibility index (Phi) is 3.52. The van der Waals surface area contributed by atoms with E-state index < -0.39 is 0 Å². The molecule has 0 spiro atoms. The van der Waals surface area contributed by atoms with Crippen molar-refractivity contribution in [1.29, 1.82) is 0 Å². The van der Waals surface area contributed by atoms with Crippen LogP contribution in [0.4, 0.5) is 5.82 Å². The summed E-state index contributed by atoms with van der Waals surface area (Å²) in [7, 11) is 0. The molecule has 1 aliphatic rings. The fraction of sp³-hybridized carbons (Fsp3) is 0.333. The van der Waals surface area contributed by atoms with Gasteiger partial charge in [-0.15, -0.1) is 0 Å². The van der Waals surface area contributed by atoms with Crippen molar-refractivity contribution in [1.82, 2.24) is 15.2 Å². The molecule has 0 atom stereocenters. The van der Waals surface area contributed by atoms with E-state index in [1.54, 1.807) is 0 Å². The van der Waals surface area contributed by atoms with Gasteiger partial charge in [-0.1, -0.05) is 18.2 Å². The van der Waals surface area contributed by atoms with Crippen molar-refractivity contribution >= 4 is 22.6 Å². The first kappa shape index (κ1) is 12.9. The number of nitrogen functional groups attached to an aromatic ring is 1. The first-order chi connectivity index (χ1) is 9.72. The Hall–Kier alpha value is -2.14. The predicted octanol–water partition coefficient (Wildman–Crippen LogP) is 1.14. The van der Waals surface area contributed by atoms with Gasteiger partial charge in [-0.3, -0.25) is 9.69 Å². The number of fused-ring (bicyclic) bond motifs is 1. The van der Waals surface area contributed by atoms with E-state index in [1.165, 1.54) is 0 Å². The van der Waals surface area contributed by atoms with Crippen molar-refractivity contribution in [3.8, 4) is 0 Å². The summed E-state index contributed by atoms with van der Waals surface area (Å²) in [5.41, 5.74) is 7.93. The average Bonchev–Trinajstić information content (AvgIpc) is 2.64. The second-order valence-electron chi connectivity index (χ2n) is 5.14. The van der Waals surface area contributed by atoms with Crippen LogP contribution in [0.3, 0.4) is 0 Å². The van der Waals surface area contributed by atoms with Crippen LogP contribution in [0.5, 0.6) is 0 Å². The number of nitrogens with two attached hydrogens (primary N) is 1. The van der Waals surface area contributed by atoms with E-state index in [0.29, 0.717) is 18.9 Å². The van der Waals surface area contributed by atoms with E-state index >= 15 is 0 Å². The monoisotopic (exact) mass is 270 g/mol. The summed E-state index contributed by atoms with van der Waals surface area (Å²) < 4.78 is 0. The third-order valence-corrected chi connectivity index (χ3v) is 3.57. The second kappa shape index (κ2) is 5.46. The van der Waals surface area contributed by atoms with Crippen LogP contribution < -0.4 is 11.1 Å². The van der Waals surface area contributed by atoms with Gasteiger partial charge in [0.05, 0.1) is 12.1 Å². The van der Waals surface area contributed by atoms with Gasteiger partial charge in [-0.05, 0) is 18.6 Å². The Morgan fingerprint density at radius 1 is 1.35 bits per heavy atom. The summed E-state index contributed by atoms with van der Waals surface area (Å²) in [6, 6.07) is 9.99. The smallest absolute Gasteiger partial charge is 0.234 e. The number of aromatic nitrogens is 1. The van der Waals surface area contributed by atoms with Crippen molar-refractivity contribution < 1.29 is 4.79 Å². The largest absolute Gasteiger partial charge is 0.383 e. The molecule has 104 valence electrons. The lowest BCUT2D eigenvalue weighted by molar-refractivity contribution is -0.121. The normalized spacial score (nSPS) is 16.9. The molecule has 1 fully saturated rings. The van der Waals surface area contributed by atoms with Crippen LogP contribution in [-0.4, -0.2) is 35.4 Å². The molecule has 2 heterocycles. The molecule has 0 unspecified atom stereocenters. The van der Waals surface area contributed by atoms with Gasteiger partial charge in [0.1, 0.15) is 5.82 Å². The molecule has 0 aliphatic carbocycles. The van der Waals surface area contributed by atoms with Gasteiger partial charge in [0.15, 0.2) is 0 Å². The molecule has 1 aromatic heterocycles. The number of nitrogens with one attached hydrogen (secondary N) is 1. The highest BCUT2D eigenvalue weighted by atomic mass is 16.2. The lowest BCUT2D eigenvalue weighted by Crippen LogP contribution is -2.32. The Morgan fingerprint density at radius 3 is 3.10 bits per heavy atom. The highest BCUT2D eigenvalue weighted by Gasteiger charge is 2.16. The number of carbonyl (C=O) groups excluding carboxylic acids is 1. The fourth-order valence-corrected chi connectivity index (χ4v) is 2.55. The third-order valence-electron chi connectivity index (χ3n) is 3.57. The van der Waals surface area contributed by atoms with Crippen molar-refractivity contribution in [3.63, 3.8) is 0 Å². The topological polar surface area (TPSA) is 71.2 Å². The Balaban J connectivity index is 1.86. The SMILES string of the molecule is Nc1nc2ccccc2cc1CN1CCCNC(=O)C1. The average molecular weight is 270 g/mol. The highest BCUT2D eigenvalue weighted by molar-refractivity contribution is 5.81. The number of anilines is 1. The van der Waals surface area contributed by atoms with Crippen LogP contribution in [0.25, 0.3) is 10.9 Å². The van der Waals surface area contributed by atoms with E-state index in [1.807, 2.05) is 24.3 Å². The molecule has 1 aromatic carbocycles. The fourth-order valence-electron chi connectivity index (χ4n) is 2.55. The molecule has 3 rings (SSSR count). The molecule has 1 aliphatic heterocycles. The van der Waals surface area contributed by atoms with E-state index in [-0.39, 0.29) is 5.91 Å². The Morgan fingerprint density at radius 2 is 2.20 bits per heavy atom. The van der Waals surface area contributed by atoms with E-state index in [9.17, 15) is 4.79 Å². The van der Waals surface area contributed by atoms with E-state index in [0.717, 1.165) is 36.0 Å². The number of hydrogen-bond donors (Lipinski definition) is 2. The van der Waals surface area contributed by atoms with E-state index in [2.05, 4.69) is 21.3 Å². The predicted molar refractivity (Wildman–Crippen MR) is 79.1 cm³/mol. The lowest BCUT2D eigenvalue weighted by Gasteiger charge is -2.19. The number of pyridine rings is 1. The Labute approximate surface area is 117 Å². The van der Waals surface area contributed by atoms with Crippen LogP contribution >= 0.6 is 0 Å². The molecule has 20 heavy (non-hydrogen) atoms. The molecule has 1 saturated heterocycles. The van der Waals surface area contributed by atoms with Gasteiger partial charge in [0, 0.05) is 30.6 Å². The summed E-state index contributed by atoms with van der Waals surface area (Å²) in [6.45, 7) is 2.73. The van der Waals surface area contributed by atoms with Crippen LogP contribution in [-0.2, 0) is 11.3 Å². The number of para-hydroxylation sites is 1. The molecule has 5 nitrogen and oxygen atoms in total. The number of carbonyl (C=O) groups is 1. The second-order valence-corrected chi connectivity index (χ2v) is 5.14. The standard InChI is InChI=1S/C15H18N4O/c16-15-12(8-11-4-1-2-5-13(11)18-15)9-19-7-3-6-17-14(20)10-19/h1-2,4-5,8H,3,6-7,9-10H2,(H2,16,18)(H,17,20). The van der Waals surface area contributed by atoms with Gasteiger partial charge < -0.3 is 11.1 Å². The van der Waals surface area contributed by atoms with Gasteiger partial charge in [-0.25, -0.2) is 4.98 Å². The van der Waals surface area contributed by atoms with Crippen LogP contribution in [0.15, 0.2) is 30.3 Å². The van der Waals surface area contributed by atoms with Crippen molar-refractivity contribution in [2.75, 3.05) is 25.4 Å². The summed E-state index contributed by atoms with van der Waals surface area (Å²) in [6.07, 6.45) is 0.965. The summed E-state index contributed by atoms with van der Waals surface area (Å²) in [4.78, 5) is 18.1. The zero-order valence-electron chi connectivity index (χ0n) is 11.3. The van der Waals surface area contributed by atoms with Crippen molar-refractivity contribution in [2.24, 2.45) is 0 Å². The maximum atomic E-state index is 11.6. The minimum Gasteiger partial charge on any atom is -0.383 e. The third kappa shape index (κ3) is 2.72. The zero-order chi connectivity index (χ0) is 13.9. The van der Waals surface area contributed by atoms with Crippen molar-refractivity contribution in [3.05, 3.63) is 35.9 Å². The molecule has 5 heteroatoms. The number of benzene rings is 1. The minimum atomic E-state index is 0.0785. The van der Waals surface area contributed by atoms with Gasteiger partial charge in [0.25, 0.3) is 0 Å². The van der Waals surface area contributed by atoms with E-state index in [4.69, 9.17) is 5.73 Å². The quantitative estimate of drug-likeness (QED) is 0.858. The summed E-state index contributed by atoms with van der Waals surface area (Å²) in [5, 5.41) is 3.96. The number of rotatable bonds is 2. The molecule has 1 amide bonds. The molecule has 0 saturated carbocycles. The number of nitrogens with zero attached hydrogens (tertiary/aromatic N) is 2. The number of amides is 1. The van der Waals surface area contributed by atoms with Crippen molar-refractivity contribution in [2.45, 2.75) is 13.0 Å². The van der Waals surface area contributed by atoms with Crippen LogP contribution in [0.1, 0.15) is 12.0 Å². The molecule has 0 bridgehead atoms. The maximum Gasteiger partial charge on any atom is 0.234 e. The minimum absolute atomic E-state index is 0.0785. The van der Waals surface area contributed by atoms with Gasteiger partial charge in [0.2, 0.25) is 5.91 Å². The molecule has 2 aromatic rings. The van der Waals surface area contributed by atoms with Gasteiger partial charge >= 0.3 is 0 Å². The first-order valence-corrected chi connectivity index (χ1v) is 6.85. The number of hydrogen-bond acceptors (Lipinski definition) is 4. The Bertz CT molecular complexity index is 641. The molecule has 0 radical (unpaired) electrons. The summed E-state index contributed by atoms with van der Waals surface area (Å²) >= 11 is 0. The highest BCUT2D eigenvalue weighted by Crippen LogP contribution is 2.20. The lowest BCUT2D eigenvalue weighted by atomic mass is 10.1. The van der Waals surface area contributed by atoms with Crippen LogP contribution in [0.2, 0.25) is 0 Å². The summed E-state index contributed by atoms with van der Waals surface area (Å²) in [5.74, 6) is 0.628. The molecular weight excluding hydrogens is 252 g/mol. The zero-order valence-corrected chi connectivity index (χ0v) is 11.3. The van der Waals surface area contributed by atoms with Crippen LogP contribution in [0, 0.1) is 0 Å². The molecule has 3 N–H and O–H groups in total. The molecular formula is C15H18N4O. The first-order valence-electron chi connectivity index (χ1n) is 6.85.